The van der Waals surface area contributed by atoms with Crippen LogP contribution in [0.1, 0.15) is 48.9 Å². The highest BCUT2D eigenvalue weighted by Gasteiger charge is 2.31. The highest BCUT2D eigenvalue weighted by Crippen LogP contribution is 2.33. The van der Waals surface area contributed by atoms with Crippen molar-refractivity contribution in [3.05, 3.63) is 77.1 Å². The van der Waals surface area contributed by atoms with Crippen molar-refractivity contribution in [1.29, 1.82) is 0 Å². The first kappa shape index (κ1) is 28.2. The summed E-state index contributed by atoms with van der Waals surface area (Å²) in [5.41, 5.74) is 3.60. The van der Waals surface area contributed by atoms with Crippen LogP contribution in [0.2, 0.25) is 0 Å². The fourth-order valence-electron chi connectivity index (χ4n) is 4.71. The highest BCUT2D eigenvalue weighted by atomic mass is 19.4. The van der Waals surface area contributed by atoms with Gasteiger partial charge < -0.3 is 19.5 Å². The molecule has 2 aromatic carbocycles. The second kappa shape index (κ2) is 12.4. The Morgan fingerprint density at radius 2 is 1.79 bits per heavy atom. The molecule has 4 rings (SSSR count). The van der Waals surface area contributed by atoms with Crippen LogP contribution in [0.25, 0.3) is 0 Å². The van der Waals surface area contributed by atoms with Crippen LogP contribution in [0.3, 0.4) is 0 Å². The number of anilines is 1. The number of carbonyl (C=O) groups is 1. The second-order valence-electron chi connectivity index (χ2n) is 9.85. The van der Waals surface area contributed by atoms with Gasteiger partial charge in [-0.3, -0.25) is 4.79 Å². The van der Waals surface area contributed by atoms with E-state index in [0.717, 1.165) is 48.1 Å². The lowest BCUT2D eigenvalue weighted by Crippen LogP contribution is -2.33. The first-order valence-electron chi connectivity index (χ1n) is 13.0. The van der Waals surface area contributed by atoms with Crippen LogP contribution in [-0.4, -0.2) is 40.1 Å². The number of rotatable bonds is 11. The van der Waals surface area contributed by atoms with Gasteiger partial charge in [0.05, 0.1) is 6.42 Å². The number of aromatic nitrogens is 2. The lowest BCUT2D eigenvalue weighted by Gasteiger charge is -2.32. The number of hydrogen-bond acceptors (Lipinski definition) is 6. The molecule has 2 atom stereocenters. The maximum Gasteiger partial charge on any atom is 0.573 e. The van der Waals surface area contributed by atoms with Gasteiger partial charge in [-0.15, -0.1) is 13.2 Å². The van der Waals surface area contributed by atoms with E-state index in [1.807, 2.05) is 30.0 Å². The normalized spacial score (nSPS) is 16.7. The number of aliphatic carboxylic acids is 1. The molecule has 3 aromatic rings. The van der Waals surface area contributed by atoms with Crippen molar-refractivity contribution < 1.29 is 32.5 Å². The minimum absolute atomic E-state index is 0.0263. The van der Waals surface area contributed by atoms with E-state index < -0.39 is 12.3 Å². The Balaban J connectivity index is 1.42. The molecule has 7 nitrogen and oxygen atoms in total. The Labute approximate surface area is 225 Å². The zero-order chi connectivity index (χ0) is 28.0. The summed E-state index contributed by atoms with van der Waals surface area (Å²) >= 11 is 0. The molecule has 1 aromatic heterocycles. The summed E-state index contributed by atoms with van der Waals surface area (Å²) in [6.45, 7) is 5.20. The van der Waals surface area contributed by atoms with Gasteiger partial charge in [0.15, 0.2) is 0 Å². The van der Waals surface area contributed by atoms with Gasteiger partial charge >= 0.3 is 12.3 Å². The number of benzene rings is 2. The number of fused-ring (bicyclic) bond motifs is 1. The third-order valence-electron chi connectivity index (χ3n) is 6.77. The molecule has 0 spiro atoms. The summed E-state index contributed by atoms with van der Waals surface area (Å²) in [6.07, 6.45) is 1.96. The summed E-state index contributed by atoms with van der Waals surface area (Å²) < 4.78 is 47.9. The molecule has 0 bridgehead atoms. The van der Waals surface area contributed by atoms with Crippen molar-refractivity contribution in [2.75, 3.05) is 11.4 Å². The average molecular weight is 544 g/mol. The van der Waals surface area contributed by atoms with E-state index in [-0.39, 0.29) is 24.2 Å². The standard InChI is InChI=1S/C29H32F3N3O4/c1-3-20-16-33-28(34-17-20)35(18-21-7-10-24(11-8-21)39-29(30,31)32)12-4-5-25-19(2)13-23-9-6-22(15-27(36)37)14-26(23)38-25/h6-11,14,16-17,19,25H,3-5,12-13,15,18H2,1-2H3,(H,36,37). The van der Waals surface area contributed by atoms with Crippen molar-refractivity contribution in [1.82, 2.24) is 9.97 Å². The number of hydrogen-bond donors (Lipinski definition) is 1. The first-order chi connectivity index (χ1) is 18.6. The van der Waals surface area contributed by atoms with E-state index in [1.54, 1.807) is 24.5 Å². The Hall–Kier alpha value is -3.82. The molecule has 0 amide bonds. The number of aryl methyl sites for hydroxylation is 1. The maximum absolute atomic E-state index is 12.5. The van der Waals surface area contributed by atoms with Crippen LogP contribution in [0.4, 0.5) is 19.1 Å². The topological polar surface area (TPSA) is 84.8 Å². The van der Waals surface area contributed by atoms with E-state index in [2.05, 4.69) is 21.6 Å². The molecule has 1 aliphatic rings. The van der Waals surface area contributed by atoms with Crippen LogP contribution in [0.5, 0.6) is 11.5 Å². The Bertz CT molecular complexity index is 1250. The van der Waals surface area contributed by atoms with Gasteiger partial charge in [0.25, 0.3) is 0 Å². The monoisotopic (exact) mass is 543 g/mol. The largest absolute Gasteiger partial charge is 0.573 e. The lowest BCUT2D eigenvalue weighted by molar-refractivity contribution is -0.274. The molecular weight excluding hydrogens is 511 g/mol. The molecule has 10 heteroatoms. The number of carboxylic acid groups (broad SMARTS) is 1. The third kappa shape index (κ3) is 8.08. The summed E-state index contributed by atoms with van der Waals surface area (Å²) in [6, 6.07) is 11.4. The van der Waals surface area contributed by atoms with Gasteiger partial charge in [0, 0.05) is 25.5 Å². The van der Waals surface area contributed by atoms with Crippen LogP contribution < -0.4 is 14.4 Å². The van der Waals surface area contributed by atoms with Crippen LogP contribution in [0, 0.1) is 5.92 Å². The van der Waals surface area contributed by atoms with E-state index in [0.29, 0.717) is 24.6 Å². The molecule has 39 heavy (non-hydrogen) atoms. The predicted molar refractivity (Wildman–Crippen MR) is 140 cm³/mol. The SMILES string of the molecule is CCc1cnc(N(CCCC2Oc3cc(CC(=O)O)ccc3CC2C)Cc2ccc(OC(F)(F)F)cc2)nc1. The molecule has 0 fully saturated rings. The van der Waals surface area contributed by atoms with E-state index in [1.165, 1.54) is 12.1 Å². The van der Waals surface area contributed by atoms with Gasteiger partial charge in [-0.05, 0) is 72.1 Å². The Kier molecular flexibility index (Phi) is 8.93. The maximum atomic E-state index is 12.5. The number of alkyl halides is 3. The summed E-state index contributed by atoms with van der Waals surface area (Å²) in [4.78, 5) is 22.1. The molecule has 0 aliphatic carbocycles. The number of carboxylic acids is 1. The molecule has 1 aliphatic heterocycles. The van der Waals surface area contributed by atoms with Crippen LogP contribution in [-0.2, 0) is 30.6 Å². The van der Waals surface area contributed by atoms with Gasteiger partial charge in [0.1, 0.15) is 17.6 Å². The summed E-state index contributed by atoms with van der Waals surface area (Å²) in [5, 5.41) is 9.11. The third-order valence-corrected chi connectivity index (χ3v) is 6.77. The molecule has 0 saturated heterocycles. The van der Waals surface area contributed by atoms with E-state index >= 15 is 0 Å². The zero-order valence-electron chi connectivity index (χ0n) is 21.9. The Morgan fingerprint density at radius 1 is 1.10 bits per heavy atom. The van der Waals surface area contributed by atoms with Crippen LogP contribution in [0.15, 0.2) is 54.9 Å². The highest BCUT2D eigenvalue weighted by molar-refractivity contribution is 5.70. The summed E-state index contributed by atoms with van der Waals surface area (Å²) in [7, 11) is 0. The number of nitrogens with zero attached hydrogens (tertiary/aromatic N) is 3. The Morgan fingerprint density at radius 3 is 2.44 bits per heavy atom. The minimum atomic E-state index is -4.74. The van der Waals surface area contributed by atoms with Crippen molar-refractivity contribution in [2.24, 2.45) is 5.92 Å². The molecular formula is C29H32F3N3O4. The summed E-state index contributed by atoms with van der Waals surface area (Å²) in [5.74, 6) is 0.430. The second-order valence-corrected chi connectivity index (χ2v) is 9.85. The molecule has 2 heterocycles. The van der Waals surface area contributed by atoms with Crippen molar-refractivity contribution in [3.8, 4) is 11.5 Å². The van der Waals surface area contributed by atoms with Crippen LogP contribution >= 0.6 is 0 Å². The molecule has 1 N–H and O–H groups in total. The van der Waals surface area contributed by atoms with E-state index in [4.69, 9.17) is 9.84 Å². The number of halogens is 3. The fourth-order valence-corrected chi connectivity index (χ4v) is 4.71. The molecule has 208 valence electrons. The predicted octanol–water partition coefficient (Wildman–Crippen LogP) is 5.99. The van der Waals surface area contributed by atoms with Crippen molar-refractivity contribution in [3.63, 3.8) is 0 Å². The van der Waals surface area contributed by atoms with Gasteiger partial charge in [0.2, 0.25) is 5.95 Å². The average Bonchev–Trinajstić information content (AvgIpc) is 2.88. The molecule has 2 unspecified atom stereocenters. The quantitative estimate of drug-likeness (QED) is 0.318. The fraction of sp³-hybridized carbons (Fsp3) is 0.414. The zero-order valence-corrected chi connectivity index (χ0v) is 21.9. The minimum Gasteiger partial charge on any atom is -0.490 e. The smallest absolute Gasteiger partial charge is 0.490 e. The van der Waals surface area contributed by atoms with Gasteiger partial charge in [-0.2, -0.15) is 0 Å². The van der Waals surface area contributed by atoms with Crippen molar-refractivity contribution >= 4 is 11.9 Å². The van der Waals surface area contributed by atoms with Gasteiger partial charge in [-0.1, -0.05) is 38.1 Å². The molecule has 0 saturated carbocycles. The lowest BCUT2D eigenvalue weighted by atomic mass is 9.89. The molecule has 0 radical (unpaired) electrons. The van der Waals surface area contributed by atoms with Gasteiger partial charge in [-0.25, -0.2) is 9.97 Å². The van der Waals surface area contributed by atoms with E-state index in [9.17, 15) is 18.0 Å². The number of ether oxygens (including phenoxy) is 2. The van der Waals surface area contributed by atoms with Crippen molar-refractivity contribution in [2.45, 2.75) is 65.0 Å². The first-order valence-corrected chi connectivity index (χ1v) is 13.0.